The number of ether oxygens (including phenoxy) is 1. The number of fused-ring (bicyclic) bond motifs is 1. The molecule has 3 aromatic rings. The summed E-state index contributed by atoms with van der Waals surface area (Å²) in [5, 5.41) is 7.85. The summed E-state index contributed by atoms with van der Waals surface area (Å²) in [6, 6.07) is 7.79. The van der Waals surface area contributed by atoms with Crippen LogP contribution in [0.3, 0.4) is 0 Å². The number of nitrogens with two attached hydrogens (primary N) is 1. The molecule has 0 fully saturated rings. The molecule has 0 aliphatic carbocycles. The zero-order chi connectivity index (χ0) is 13.9. The maximum absolute atomic E-state index is 5.91. The van der Waals surface area contributed by atoms with Gasteiger partial charge in [0.2, 0.25) is 0 Å². The number of rotatable bonds is 4. The van der Waals surface area contributed by atoms with Crippen LogP contribution in [0.15, 0.2) is 30.6 Å². The number of nitrogens with one attached hydrogen (secondary N) is 1. The van der Waals surface area contributed by atoms with E-state index in [0.717, 1.165) is 28.8 Å². The van der Waals surface area contributed by atoms with E-state index in [0.29, 0.717) is 18.1 Å². The molecule has 6 nitrogen and oxygen atoms in total. The highest BCUT2D eigenvalue weighted by Crippen LogP contribution is 2.30. The highest BCUT2D eigenvalue weighted by atomic mass is 16.5. The first kappa shape index (κ1) is 12.4. The number of H-pyrrole nitrogens is 1. The summed E-state index contributed by atoms with van der Waals surface area (Å²) in [5.41, 5.74) is 8.23. The molecule has 0 saturated carbocycles. The molecule has 2 heterocycles. The van der Waals surface area contributed by atoms with Gasteiger partial charge in [0.05, 0.1) is 17.7 Å². The zero-order valence-electron chi connectivity index (χ0n) is 11.1. The molecular formula is C14H15N5O. The van der Waals surface area contributed by atoms with Crippen LogP contribution in [-0.2, 0) is 0 Å². The van der Waals surface area contributed by atoms with Crippen molar-refractivity contribution in [3.63, 3.8) is 0 Å². The summed E-state index contributed by atoms with van der Waals surface area (Å²) in [5.74, 6) is 1.24. The Balaban J connectivity index is 2.07. The fraction of sp³-hybridized carbons (Fsp3) is 0.214. The predicted molar refractivity (Wildman–Crippen MR) is 77.3 cm³/mol. The van der Waals surface area contributed by atoms with Crippen molar-refractivity contribution in [2.75, 3.05) is 12.3 Å². The van der Waals surface area contributed by atoms with E-state index in [2.05, 4.69) is 27.1 Å². The molecule has 3 N–H and O–H groups in total. The number of nitrogens with zero attached hydrogens (tertiary/aromatic N) is 3. The minimum absolute atomic E-state index is 0.415. The van der Waals surface area contributed by atoms with Crippen LogP contribution in [0.5, 0.6) is 5.75 Å². The number of aromatic nitrogens is 4. The monoisotopic (exact) mass is 269 g/mol. The molecule has 0 atom stereocenters. The molecule has 0 amide bonds. The van der Waals surface area contributed by atoms with Crippen molar-refractivity contribution in [1.82, 2.24) is 20.2 Å². The standard InChI is InChI=1S/C14H15N5O/c1-2-6-20-10-5-3-4-9(7-10)12-11-13(15)16-8-17-14(11)19-18-12/h3-5,7-8H,2,6H2,1H3,(H3,15,16,17,18,19). The summed E-state index contributed by atoms with van der Waals surface area (Å²) in [6.45, 7) is 2.77. The van der Waals surface area contributed by atoms with Gasteiger partial charge < -0.3 is 10.5 Å². The Morgan fingerprint density at radius 1 is 1.30 bits per heavy atom. The molecule has 0 radical (unpaired) electrons. The van der Waals surface area contributed by atoms with Crippen LogP contribution in [0.2, 0.25) is 0 Å². The summed E-state index contributed by atoms with van der Waals surface area (Å²) >= 11 is 0. The van der Waals surface area contributed by atoms with Crippen molar-refractivity contribution in [2.24, 2.45) is 0 Å². The minimum atomic E-state index is 0.415. The first-order valence-electron chi connectivity index (χ1n) is 6.47. The smallest absolute Gasteiger partial charge is 0.186 e. The maximum atomic E-state index is 5.91. The molecule has 0 bridgehead atoms. The lowest BCUT2D eigenvalue weighted by Gasteiger charge is -2.06. The van der Waals surface area contributed by atoms with Crippen molar-refractivity contribution < 1.29 is 4.74 Å². The van der Waals surface area contributed by atoms with E-state index < -0.39 is 0 Å². The highest BCUT2D eigenvalue weighted by Gasteiger charge is 2.12. The van der Waals surface area contributed by atoms with E-state index in [-0.39, 0.29) is 0 Å². The van der Waals surface area contributed by atoms with E-state index in [1.807, 2.05) is 24.3 Å². The lowest BCUT2D eigenvalue weighted by Crippen LogP contribution is -1.95. The van der Waals surface area contributed by atoms with Gasteiger partial charge in [-0.15, -0.1) is 0 Å². The van der Waals surface area contributed by atoms with Crippen LogP contribution in [0.25, 0.3) is 22.3 Å². The number of aromatic amines is 1. The average Bonchev–Trinajstić information content (AvgIpc) is 2.91. The van der Waals surface area contributed by atoms with Crippen molar-refractivity contribution in [1.29, 1.82) is 0 Å². The van der Waals surface area contributed by atoms with Crippen LogP contribution in [0.1, 0.15) is 13.3 Å². The number of anilines is 1. The molecule has 0 spiro atoms. The van der Waals surface area contributed by atoms with Crippen LogP contribution in [0.4, 0.5) is 5.82 Å². The summed E-state index contributed by atoms with van der Waals surface area (Å²) in [4.78, 5) is 8.11. The number of hydrogen-bond acceptors (Lipinski definition) is 5. The van der Waals surface area contributed by atoms with Gasteiger partial charge in [0.1, 0.15) is 17.9 Å². The Kier molecular flexibility index (Phi) is 3.20. The number of benzene rings is 1. The third kappa shape index (κ3) is 2.16. The normalized spacial score (nSPS) is 10.8. The van der Waals surface area contributed by atoms with E-state index in [9.17, 15) is 0 Å². The van der Waals surface area contributed by atoms with Crippen LogP contribution in [0, 0.1) is 0 Å². The second-order valence-electron chi connectivity index (χ2n) is 4.43. The van der Waals surface area contributed by atoms with E-state index in [4.69, 9.17) is 10.5 Å². The van der Waals surface area contributed by atoms with Gasteiger partial charge in [-0.2, -0.15) is 5.10 Å². The summed E-state index contributed by atoms with van der Waals surface area (Å²) in [6.07, 6.45) is 2.38. The largest absolute Gasteiger partial charge is 0.494 e. The van der Waals surface area contributed by atoms with Gasteiger partial charge in [0.15, 0.2) is 5.65 Å². The van der Waals surface area contributed by atoms with Gasteiger partial charge in [0.25, 0.3) is 0 Å². The Morgan fingerprint density at radius 2 is 2.20 bits per heavy atom. The van der Waals surface area contributed by atoms with Gasteiger partial charge in [0, 0.05) is 5.56 Å². The molecular weight excluding hydrogens is 254 g/mol. The van der Waals surface area contributed by atoms with Crippen molar-refractivity contribution in [3.8, 4) is 17.0 Å². The molecule has 0 saturated heterocycles. The fourth-order valence-corrected chi connectivity index (χ4v) is 2.05. The molecule has 1 aromatic carbocycles. The second-order valence-corrected chi connectivity index (χ2v) is 4.43. The van der Waals surface area contributed by atoms with Gasteiger partial charge in [-0.1, -0.05) is 19.1 Å². The van der Waals surface area contributed by atoms with Crippen molar-refractivity contribution in [2.45, 2.75) is 13.3 Å². The fourth-order valence-electron chi connectivity index (χ4n) is 2.05. The first-order chi connectivity index (χ1) is 9.79. The average molecular weight is 269 g/mol. The Bertz CT molecular complexity index is 737. The third-order valence-electron chi connectivity index (χ3n) is 2.98. The van der Waals surface area contributed by atoms with Crippen molar-refractivity contribution in [3.05, 3.63) is 30.6 Å². The molecule has 20 heavy (non-hydrogen) atoms. The lowest BCUT2D eigenvalue weighted by atomic mass is 10.1. The van der Waals surface area contributed by atoms with Crippen molar-refractivity contribution >= 4 is 16.9 Å². The molecule has 6 heteroatoms. The van der Waals surface area contributed by atoms with E-state index in [1.54, 1.807) is 0 Å². The Morgan fingerprint density at radius 3 is 3.05 bits per heavy atom. The molecule has 0 aliphatic rings. The van der Waals surface area contributed by atoms with Gasteiger partial charge in [-0.3, -0.25) is 5.10 Å². The van der Waals surface area contributed by atoms with E-state index in [1.165, 1.54) is 6.33 Å². The molecule has 3 rings (SSSR count). The van der Waals surface area contributed by atoms with Gasteiger partial charge >= 0.3 is 0 Å². The first-order valence-corrected chi connectivity index (χ1v) is 6.47. The quantitative estimate of drug-likeness (QED) is 0.759. The van der Waals surface area contributed by atoms with Gasteiger partial charge in [-0.25, -0.2) is 9.97 Å². The second kappa shape index (κ2) is 5.16. The Hall–Kier alpha value is -2.63. The van der Waals surface area contributed by atoms with Crippen LogP contribution >= 0.6 is 0 Å². The van der Waals surface area contributed by atoms with Crippen LogP contribution in [-0.4, -0.2) is 26.8 Å². The molecule has 0 aliphatic heterocycles. The van der Waals surface area contributed by atoms with E-state index >= 15 is 0 Å². The highest BCUT2D eigenvalue weighted by molar-refractivity contribution is 5.97. The minimum Gasteiger partial charge on any atom is -0.494 e. The topological polar surface area (TPSA) is 89.7 Å². The third-order valence-corrected chi connectivity index (χ3v) is 2.98. The summed E-state index contributed by atoms with van der Waals surface area (Å²) < 4.78 is 5.64. The Labute approximate surface area is 116 Å². The predicted octanol–water partition coefficient (Wildman–Crippen LogP) is 2.39. The summed E-state index contributed by atoms with van der Waals surface area (Å²) in [7, 11) is 0. The number of nitrogen functional groups attached to an aromatic ring is 1. The van der Waals surface area contributed by atoms with Gasteiger partial charge in [-0.05, 0) is 18.6 Å². The zero-order valence-corrected chi connectivity index (χ0v) is 11.1. The molecule has 2 aromatic heterocycles. The molecule has 0 unspecified atom stereocenters. The molecule has 102 valence electrons. The number of hydrogen-bond donors (Lipinski definition) is 2. The lowest BCUT2D eigenvalue weighted by molar-refractivity contribution is 0.317. The maximum Gasteiger partial charge on any atom is 0.186 e. The SMILES string of the molecule is CCCOc1cccc(-c2[nH]nc3ncnc(N)c23)c1. The van der Waals surface area contributed by atoms with Crippen LogP contribution < -0.4 is 10.5 Å².